The molecule has 2 rings (SSSR count). The van der Waals surface area contributed by atoms with Gasteiger partial charge >= 0.3 is 0 Å². The SMILES string of the molecule is COc1ccc(NCC2CN(C)CCO2)cc1. The van der Waals surface area contributed by atoms with Gasteiger partial charge in [0.25, 0.3) is 0 Å². The Bertz CT molecular complexity index is 340. The van der Waals surface area contributed by atoms with Crippen LogP contribution in [0.3, 0.4) is 0 Å². The molecule has 1 heterocycles. The molecule has 1 aliphatic rings. The summed E-state index contributed by atoms with van der Waals surface area (Å²) in [6, 6.07) is 7.95. The quantitative estimate of drug-likeness (QED) is 0.857. The van der Waals surface area contributed by atoms with Crippen LogP contribution in [0.5, 0.6) is 5.75 Å². The molecule has 1 aliphatic heterocycles. The molecule has 4 nitrogen and oxygen atoms in total. The van der Waals surface area contributed by atoms with E-state index in [1.165, 1.54) is 0 Å². The van der Waals surface area contributed by atoms with Gasteiger partial charge < -0.3 is 19.7 Å². The minimum atomic E-state index is 0.274. The number of ether oxygens (including phenoxy) is 2. The summed E-state index contributed by atoms with van der Waals surface area (Å²) >= 11 is 0. The van der Waals surface area contributed by atoms with Crippen molar-refractivity contribution in [1.82, 2.24) is 4.90 Å². The van der Waals surface area contributed by atoms with Crippen molar-refractivity contribution in [2.24, 2.45) is 0 Å². The molecule has 17 heavy (non-hydrogen) atoms. The van der Waals surface area contributed by atoms with Crippen LogP contribution in [-0.4, -0.2) is 51.4 Å². The van der Waals surface area contributed by atoms with Gasteiger partial charge in [-0.1, -0.05) is 0 Å². The normalized spacial score (nSPS) is 21.2. The molecule has 1 atom stereocenters. The van der Waals surface area contributed by atoms with Crippen LogP contribution < -0.4 is 10.1 Å². The summed E-state index contributed by atoms with van der Waals surface area (Å²) < 4.78 is 10.8. The minimum absolute atomic E-state index is 0.274. The molecule has 94 valence electrons. The number of anilines is 1. The lowest BCUT2D eigenvalue weighted by Crippen LogP contribution is -2.43. The molecule has 0 radical (unpaired) electrons. The van der Waals surface area contributed by atoms with Crippen molar-refractivity contribution in [3.8, 4) is 5.75 Å². The zero-order chi connectivity index (χ0) is 12.1. The van der Waals surface area contributed by atoms with E-state index in [4.69, 9.17) is 9.47 Å². The van der Waals surface area contributed by atoms with E-state index in [-0.39, 0.29) is 6.10 Å². The van der Waals surface area contributed by atoms with Gasteiger partial charge in [-0.15, -0.1) is 0 Å². The van der Waals surface area contributed by atoms with Crippen LogP contribution in [-0.2, 0) is 4.74 Å². The fourth-order valence-corrected chi connectivity index (χ4v) is 1.93. The molecule has 1 aromatic rings. The van der Waals surface area contributed by atoms with Crippen LogP contribution >= 0.6 is 0 Å². The highest BCUT2D eigenvalue weighted by Crippen LogP contribution is 2.15. The van der Waals surface area contributed by atoms with Gasteiger partial charge in [-0.3, -0.25) is 0 Å². The Morgan fingerprint density at radius 1 is 1.41 bits per heavy atom. The molecule has 0 amide bonds. The highest BCUT2D eigenvalue weighted by molar-refractivity contribution is 5.46. The van der Waals surface area contributed by atoms with Crippen LogP contribution in [0, 0.1) is 0 Å². The van der Waals surface area contributed by atoms with Gasteiger partial charge in [0.1, 0.15) is 5.75 Å². The van der Waals surface area contributed by atoms with Crippen molar-refractivity contribution in [2.45, 2.75) is 6.10 Å². The molecule has 1 unspecified atom stereocenters. The number of likely N-dealkylation sites (N-methyl/N-ethyl adjacent to an activating group) is 1. The van der Waals surface area contributed by atoms with E-state index in [9.17, 15) is 0 Å². The molecular formula is C13H20N2O2. The Balaban J connectivity index is 1.80. The zero-order valence-corrected chi connectivity index (χ0v) is 10.5. The highest BCUT2D eigenvalue weighted by atomic mass is 16.5. The largest absolute Gasteiger partial charge is 0.497 e. The minimum Gasteiger partial charge on any atom is -0.497 e. The van der Waals surface area contributed by atoms with Gasteiger partial charge in [0.2, 0.25) is 0 Å². The Morgan fingerprint density at radius 2 is 2.18 bits per heavy atom. The molecule has 0 spiro atoms. The number of benzene rings is 1. The van der Waals surface area contributed by atoms with Gasteiger partial charge in [0, 0.05) is 25.3 Å². The number of nitrogens with zero attached hydrogens (tertiary/aromatic N) is 1. The van der Waals surface area contributed by atoms with Gasteiger partial charge in [-0.25, -0.2) is 0 Å². The molecule has 1 N–H and O–H groups in total. The van der Waals surface area contributed by atoms with Crippen molar-refractivity contribution in [3.63, 3.8) is 0 Å². The number of hydrogen-bond acceptors (Lipinski definition) is 4. The van der Waals surface area contributed by atoms with E-state index >= 15 is 0 Å². The predicted octanol–water partition coefficient (Wildman–Crippen LogP) is 1.44. The molecule has 1 saturated heterocycles. The summed E-state index contributed by atoms with van der Waals surface area (Å²) in [6.45, 7) is 3.68. The Morgan fingerprint density at radius 3 is 2.82 bits per heavy atom. The van der Waals surface area contributed by atoms with Crippen molar-refractivity contribution < 1.29 is 9.47 Å². The van der Waals surface area contributed by atoms with E-state index < -0.39 is 0 Å². The number of morpholine rings is 1. The van der Waals surface area contributed by atoms with Gasteiger partial charge in [-0.2, -0.15) is 0 Å². The second-order valence-electron chi connectivity index (χ2n) is 4.36. The standard InChI is InChI=1S/C13H20N2O2/c1-15-7-8-17-13(10-15)9-14-11-3-5-12(16-2)6-4-11/h3-6,13-14H,7-10H2,1-2H3. The monoisotopic (exact) mass is 236 g/mol. The van der Waals surface area contributed by atoms with Crippen molar-refractivity contribution in [1.29, 1.82) is 0 Å². The highest BCUT2D eigenvalue weighted by Gasteiger charge is 2.16. The third-order valence-electron chi connectivity index (χ3n) is 2.97. The summed E-state index contributed by atoms with van der Waals surface area (Å²) in [5, 5.41) is 3.38. The Kier molecular flexibility index (Phi) is 4.23. The number of rotatable bonds is 4. The first-order chi connectivity index (χ1) is 8.28. The first-order valence-corrected chi connectivity index (χ1v) is 5.96. The maximum atomic E-state index is 5.69. The summed E-state index contributed by atoms with van der Waals surface area (Å²) in [4.78, 5) is 2.30. The molecule has 0 saturated carbocycles. The van der Waals surface area contributed by atoms with E-state index in [1.807, 2.05) is 24.3 Å². The lowest BCUT2D eigenvalue weighted by Gasteiger charge is -2.30. The number of nitrogens with one attached hydrogen (secondary N) is 1. The molecule has 0 aliphatic carbocycles. The Hall–Kier alpha value is -1.26. The third-order valence-corrected chi connectivity index (χ3v) is 2.97. The number of methoxy groups -OCH3 is 1. The average Bonchev–Trinajstić information content (AvgIpc) is 2.37. The lowest BCUT2D eigenvalue weighted by atomic mass is 10.2. The molecule has 0 bridgehead atoms. The van der Waals surface area contributed by atoms with E-state index in [0.29, 0.717) is 0 Å². The van der Waals surface area contributed by atoms with Crippen LogP contribution in [0.25, 0.3) is 0 Å². The van der Waals surface area contributed by atoms with Crippen LogP contribution in [0.2, 0.25) is 0 Å². The van der Waals surface area contributed by atoms with E-state index in [0.717, 1.165) is 37.7 Å². The van der Waals surface area contributed by atoms with Crippen LogP contribution in [0.15, 0.2) is 24.3 Å². The fraction of sp³-hybridized carbons (Fsp3) is 0.538. The summed E-state index contributed by atoms with van der Waals surface area (Å²) in [7, 11) is 3.80. The maximum absolute atomic E-state index is 5.69. The summed E-state index contributed by atoms with van der Waals surface area (Å²) in [5.74, 6) is 0.879. The molecule has 0 aromatic heterocycles. The second-order valence-corrected chi connectivity index (χ2v) is 4.36. The average molecular weight is 236 g/mol. The van der Waals surface area contributed by atoms with E-state index in [2.05, 4.69) is 17.3 Å². The van der Waals surface area contributed by atoms with Crippen molar-refractivity contribution in [3.05, 3.63) is 24.3 Å². The summed E-state index contributed by atoms with van der Waals surface area (Å²) in [5.41, 5.74) is 1.10. The third kappa shape index (κ3) is 3.61. The fourth-order valence-electron chi connectivity index (χ4n) is 1.93. The van der Waals surface area contributed by atoms with Gasteiger partial charge in [0.05, 0.1) is 19.8 Å². The van der Waals surface area contributed by atoms with Gasteiger partial charge in [0.15, 0.2) is 0 Å². The zero-order valence-electron chi connectivity index (χ0n) is 10.5. The second kappa shape index (κ2) is 5.89. The first-order valence-electron chi connectivity index (χ1n) is 5.96. The van der Waals surface area contributed by atoms with Crippen molar-refractivity contribution >= 4 is 5.69 Å². The van der Waals surface area contributed by atoms with Crippen LogP contribution in [0.1, 0.15) is 0 Å². The number of hydrogen-bond donors (Lipinski definition) is 1. The predicted molar refractivity (Wildman–Crippen MR) is 68.7 cm³/mol. The topological polar surface area (TPSA) is 33.7 Å². The van der Waals surface area contributed by atoms with E-state index in [1.54, 1.807) is 7.11 Å². The summed E-state index contributed by atoms with van der Waals surface area (Å²) in [6.07, 6.45) is 0.274. The molecule has 1 aromatic carbocycles. The van der Waals surface area contributed by atoms with Gasteiger partial charge in [-0.05, 0) is 31.3 Å². The first kappa shape index (κ1) is 12.2. The lowest BCUT2D eigenvalue weighted by molar-refractivity contribution is -0.0117. The van der Waals surface area contributed by atoms with Crippen molar-refractivity contribution in [2.75, 3.05) is 45.7 Å². The van der Waals surface area contributed by atoms with Crippen LogP contribution in [0.4, 0.5) is 5.69 Å². The maximum Gasteiger partial charge on any atom is 0.119 e. The Labute approximate surface area is 103 Å². The molecule has 4 heteroatoms. The smallest absolute Gasteiger partial charge is 0.119 e. The molecule has 1 fully saturated rings. The molecular weight excluding hydrogens is 216 g/mol.